The van der Waals surface area contributed by atoms with Crippen molar-refractivity contribution in [3.8, 4) is 0 Å². The molecule has 160 valence electrons. The number of nitrogens with zero attached hydrogens (tertiary/aromatic N) is 5. The molecule has 1 amide bonds. The van der Waals surface area contributed by atoms with Crippen molar-refractivity contribution in [1.82, 2.24) is 4.98 Å². The third-order valence-corrected chi connectivity index (χ3v) is 3.90. The van der Waals surface area contributed by atoms with Gasteiger partial charge in [0.1, 0.15) is 5.56 Å². The molecule has 0 aliphatic heterocycles. The Balaban J connectivity index is 1.63. The number of benzene rings is 2. The Morgan fingerprint density at radius 1 is 1.00 bits per heavy atom. The average molecular weight is 436 g/mol. The zero-order valence-corrected chi connectivity index (χ0v) is 15.9. The lowest BCUT2D eigenvalue weighted by atomic mass is 10.1. The third-order valence-electron chi connectivity index (χ3n) is 3.90. The van der Waals surface area contributed by atoms with Gasteiger partial charge >= 0.3 is 5.97 Å². The molecule has 3 aromatic rings. The van der Waals surface area contributed by atoms with Crippen LogP contribution in [0.4, 0.5) is 22.7 Å². The van der Waals surface area contributed by atoms with E-state index in [1.165, 1.54) is 36.7 Å². The summed E-state index contributed by atoms with van der Waals surface area (Å²) in [6.07, 6.45) is 2.88. The van der Waals surface area contributed by atoms with Crippen LogP contribution in [0.25, 0.3) is 0 Å². The summed E-state index contributed by atoms with van der Waals surface area (Å²) in [5.41, 5.74) is 1.46. The highest BCUT2D eigenvalue weighted by Gasteiger charge is 2.25. The van der Waals surface area contributed by atoms with Gasteiger partial charge in [0.05, 0.1) is 32.9 Å². The minimum atomic E-state index is -1.11. The molecule has 0 atom stereocenters. The van der Waals surface area contributed by atoms with Gasteiger partial charge in [0.25, 0.3) is 17.3 Å². The number of non-ortho nitro benzene ring substituents is 1. The van der Waals surface area contributed by atoms with Gasteiger partial charge in [0.15, 0.2) is 0 Å². The van der Waals surface area contributed by atoms with Gasteiger partial charge in [-0.2, -0.15) is 0 Å². The molecule has 3 rings (SSSR count). The molecule has 13 heteroatoms. The fourth-order valence-corrected chi connectivity index (χ4v) is 2.36. The molecule has 0 aliphatic rings. The van der Waals surface area contributed by atoms with Crippen molar-refractivity contribution in [1.29, 1.82) is 0 Å². The van der Waals surface area contributed by atoms with Crippen LogP contribution in [0.3, 0.4) is 0 Å². The third kappa shape index (κ3) is 5.29. The fraction of sp³-hybridized carbons (Fsp3) is 0. The number of carbonyl (C=O) groups excluding carboxylic acids is 2. The molecule has 32 heavy (non-hydrogen) atoms. The van der Waals surface area contributed by atoms with Crippen LogP contribution in [0.2, 0.25) is 0 Å². The van der Waals surface area contributed by atoms with Gasteiger partial charge in [-0.15, -0.1) is 10.2 Å². The summed E-state index contributed by atoms with van der Waals surface area (Å²) in [6, 6.07) is 11.6. The van der Waals surface area contributed by atoms with Crippen LogP contribution in [-0.4, -0.2) is 26.7 Å². The molecule has 0 aliphatic carbocycles. The number of hydrogen-bond donors (Lipinski definition) is 1. The average Bonchev–Trinajstić information content (AvgIpc) is 2.81. The Kier molecular flexibility index (Phi) is 6.50. The van der Waals surface area contributed by atoms with Crippen molar-refractivity contribution in [3.63, 3.8) is 0 Å². The first kappa shape index (κ1) is 21.6. The van der Waals surface area contributed by atoms with Crippen LogP contribution >= 0.6 is 0 Å². The molecule has 1 aromatic heterocycles. The molecule has 0 fully saturated rings. The van der Waals surface area contributed by atoms with Crippen molar-refractivity contribution in [2.45, 2.75) is 0 Å². The van der Waals surface area contributed by atoms with E-state index in [0.717, 1.165) is 12.1 Å². The molecule has 0 unspecified atom stereocenters. The topological polar surface area (TPSA) is 179 Å². The van der Waals surface area contributed by atoms with Gasteiger partial charge in [-0.25, -0.2) is 10.3 Å². The lowest BCUT2D eigenvalue weighted by molar-refractivity contribution is -0.394. The molecule has 1 N–H and O–H groups in total. The molecular formula is C19H12N6O7. The van der Waals surface area contributed by atoms with Crippen LogP contribution in [0.15, 0.2) is 77.2 Å². The standard InChI is InChI=1S/C19H12N6O7/c26-18(12-2-1-9-20-11-12)22-21-13-3-5-14(6-4-13)23-32-19(27)16-8-7-15(24(28)29)10-17(16)25(30)31/h1-11,23H. The summed E-state index contributed by atoms with van der Waals surface area (Å²) < 4.78 is 0. The largest absolute Gasteiger partial charge is 0.369 e. The van der Waals surface area contributed by atoms with Gasteiger partial charge in [-0.05, 0) is 42.5 Å². The van der Waals surface area contributed by atoms with E-state index in [4.69, 9.17) is 4.84 Å². The van der Waals surface area contributed by atoms with Crippen molar-refractivity contribution >= 4 is 34.6 Å². The van der Waals surface area contributed by atoms with Crippen LogP contribution in [0.1, 0.15) is 20.7 Å². The Morgan fingerprint density at radius 2 is 1.75 bits per heavy atom. The summed E-state index contributed by atoms with van der Waals surface area (Å²) in [4.78, 5) is 52.8. The Hall–Kier alpha value is -5.07. The molecule has 13 nitrogen and oxygen atoms in total. The predicted octanol–water partition coefficient (Wildman–Crippen LogP) is 4.01. The van der Waals surface area contributed by atoms with Crippen molar-refractivity contribution in [2.75, 3.05) is 5.48 Å². The number of nitro groups is 2. The number of amides is 1. The minimum absolute atomic E-state index is 0.279. The Morgan fingerprint density at radius 3 is 2.38 bits per heavy atom. The number of carbonyl (C=O) groups is 2. The zero-order chi connectivity index (χ0) is 23.1. The molecule has 0 bridgehead atoms. The van der Waals surface area contributed by atoms with E-state index in [2.05, 4.69) is 20.7 Å². The normalized spacial score (nSPS) is 10.5. The predicted molar refractivity (Wildman–Crippen MR) is 108 cm³/mol. The van der Waals surface area contributed by atoms with Gasteiger partial charge in [0.2, 0.25) is 0 Å². The van der Waals surface area contributed by atoms with E-state index in [1.807, 2.05) is 0 Å². The fourth-order valence-electron chi connectivity index (χ4n) is 2.36. The van der Waals surface area contributed by atoms with Gasteiger partial charge < -0.3 is 4.84 Å². The van der Waals surface area contributed by atoms with E-state index in [0.29, 0.717) is 17.4 Å². The molecule has 0 spiro atoms. The summed E-state index contributed by atoms with van der Waals surface area (Å²) in [5.74, 6) is -1.68. The van der Waals surface area contributed by atoms with Gasteiger partial charge in [0, 0.05) is 18.5 Å². The molecule has 0 radical (unpaired) electrons. The minimum Gasteiger partial charge on any atom is -0.338 e. The number of anilines is 1. The van der Waals surface area contributed by atoms with E-state index in [9.17, 15) is 29.8 Å². The molecule has 0 saturated carbocycles. The first-order valence-corrected chi connectivity index (χ1v) is 8.71. The summed E-state index contributed by atoms with van der Waals surface area (Å²) in [6.45, 7) is 0. The number of pyridine rings is 1. The number of azo groups is 1. The van der Waals surface area contributed by atoms with Gasteiger partial charge in [-0.3, -0.25) is 30.0 Å². The first-order chi connectivity index (χ1) is 15.3. The first-order valence-electron chi connectivity index (χ1n) is 8.71. The SMILES string of the molecule is O=C(N=Nc1ccc(NOC(=O)c2ccc([N+](=O)[O-])cc2[N+](=O)[O-])cc1)c1cccnc1. The summed E-state index contributed by atoms with van der Waals surface area (Å²) >= 11 is 0. The van der Waals surface area contributed by atoms with E-state index in [1.54, 1.807) is 12.1 Å². The molecular weight excluding hydrogens is 424 g/mol. The summed E-state index contributed by atoms with van der Waals surface area (Å²) in [5, 5.41) is 29.3. The number of hydrogen-bond acceptors (Lipinski definition) is 10. The Bertz CT molecular complexity index is 1210. The highest BCUT2D eigenvalue weighted by Crippen LogP contribution is 2.25. The maximum Gasteiger partial charge on any atom is 0.369 e. The van der Waals surface area contributed by atoms with Crippen LogP contribution in [-0.2, 0) is 4.84 Å². The highest BCUT2D eigenvalue weighted by molar-refractivity contribution is 5.95. The number of nitro benzene ring substituents is 2. The maximum absolute atomic E-state index is 12.2. The van der Waals surface area contributed by atoms with Crippen molar-refractivity contribution in [2.24, 2.45) is 10.2 Å². The Labute approximate surface area is 178 Å². The van der Waals surface area contributed by atoms with Crippen molar-refractivity contribution < 1.29 is 24.3 Å². The zero-order valence-electron chi connectivity index (χ0n) is 15.9. The van der Waals surface area contributed by atoms with Crippen molar-refractivity contribution in [3.05, 3.63) is 98.3 Å². The number of nitrogens with one attached hydrogen (secondary N) is 1. The quantitative estimate of drug-likeness (QED) is 0.325. The molecule has 2 aromatic carbocycles. The van der Waals surface area contributed by atoms with E-state index >= 15 is 0 Å². The second-order valence-corrected chi connectivity index (χ2v) is 6.00. The monoisotopic (exact) mass is 436 g/mol. The van der Waals surface area contributed by atoms with Crippen LogP contribution in [0.5, 0.6) is 0 Å². The second-order valence-electron chi connectivity index (χ2n) is 6.00. The van der Waals surface area contributed by atoms with Crippen LogP contribution < -0.4 is 5.48 Å². The maximum atomic E-state index is 12.2. The molecule has 0 saturated heterocycles. The number of rotatable bonds is 7. The number of aromatic nitrogens is 1. The smallest absolute Gasteiger partial charge is 0.338 e. The summed E-state index contributed by atoms with van der Waals surface area (Å²) in [7, 11) is 0. The van der Waals surface area contributed by atoms with Crippen LogP contribution in [0, 0.1) is 20.2 Å². The second kappa shape index (κ2) is 9.62. The van der Waals surface area contributed by atoms with E-state index < -0.39 is 38.7 Å². The lowest BCUT2D eigenvalue weighted by Crippen LogP contribution is -2.12. The van der Waals surface area contributed by atoms with E-state index in [-0.39, 0.29) is 5.56 Å². The molecule has 1 heterocycles. The lowest BCUT2D eigenvalue weighted by Gasteiger charge is -2.07. The van der Waals surface area contributed by atoms with Gasteiger partial charge in [-0.1, -0.05) is 0 Å². The highest BCUT2D eigenvalue weighted by atomic mass is 16.7.